The Bertz CT molecular complexity index is 768. The molecule has 3 rings (SSSR count). The molecule has 0 atom stereocenters. The molecule has 0 bridgehead atoms. The number of aromatic amines is 1. The van der Waals surface area contributed by atoms with E-state index in [0.29, 0.717) is 11.1 Å². The molecule has 0 amide bonds. The van der Waals surface area contributed by atoms with E-state index in [1.807, 2.05) is 36.4 Å². The molecule has 0 radical (unpaired) electrons. The number of nitrogens with zero attached hydrogens (tertiary/aromatic N) is 1. The molecular formula is C16H14N2OS. The van der Waals surface area contributed by atoms with Crippen LogP contribution in [-0.2, 0) is 11.5 Å². The number of thioether (sulfide) groups is 1. The standard InChI is InChI=1S/C16H14N2OS/c19-16-13-8-4-5-9-14(13)17-15(18-16)11-20-10-12-6-2-1-3-7-12/h1-9H,10-11H2,(H,17,18,19). The minimum Gasteiger partial charge on any atom is -0.309 e. The van der Waals surface area contributed by atoms with Crippen LogP contribution in [0.1, 0.15) is 11.4 Å². The summed E-state index contributed by atoms with van der Waals surface area (Å²) in [4.78, 5) is 19.3. The van der Waals surface area contributed by atoms with Crippen LogP contribution in [-0.4, -0.2) is 9.97 Å². The van der Waals surface area contributed by atoms with Gasteiger partial charge in [-0.2, -0.15) is 0 Å². The number of rotatable bonds is 4. The highest BCUT2D eigenvalue weighted by molar-refractivity contribution is 7.97. The summed E-state index contributed by atoms with van der Waals surface area (Å²) in [6.07, 6.45) is 0. The molecule has 0 unspecified atom stereocenters. The van der Waals surface area contributed by atoms with Crippen LogP contribution >= 0.6 is 11.8 Å². The second-order valence-electron chi connectivity index (χ2n) is 4.51. The van der Waals surface area contributed by atoms with Gasteiger partial charge in [-0.3, -0.25) is 4.79 Å². The molecule has 1 N–H and O–H groups in total. The first kappa shape index (κ1) is 12.9. The Labute approximate surface area is 121 Å². The molecule has 4 heteroatoms. The largest absolute Gasteiger partial charge is 0.309 e. The predicted molar refractivity (Wildman–Crippen MR) is 83.8 cm³/mol. The van der Waals surface area contributed by atoms with Crippen molar-refractivity contribution in [1.82, 2.24) is 9.97 Å². The van der Waals surface area contributed by atoms with E-state index in [1.54, 1.807) is 17.8 Å². The van der Waals surface area contributed by atoms with E-state index in [9.17, 15) is 4.79 Å². The summed E-state index contributed by atoms with van der Waals surface area (Å²) >= 11 is 1.74. The highest BCUT2D eigenvalue weighted by Gasteiger charge is 2.03. The monoisotopic (exact) mass is 282 g/mol. The lowest BCUT2D eigenvalue weighted by atomic mass is 10.2. The zero-order valence-corrected chi connectivity index (χ0v) is 11.7. The van der Waals surface area contributed by atoms with E-state index >= 15 is 0 Å². The Morgan fingerprint density at radius 1 is 0.950 bits per heavy atom. The lowest BCUT2D eigenvalue weighted by molar-refractivity contribution is 1.04. The average molecular weight is 282 g/mol. The average Bonchev–Trinajstić information content (AvgIpc) is 2.48. The lowest BCUT2D eigenvalue weighted by Gasteiger charge is -2.03. The quantitative estimate of drug-likeness (QED) is 0.798. The number of H-pyrrole nitrogens is 1. The number of hydrogen-bond acceptors (Lipinski definition) is 3. The fourth-order valence-corrected chi connectivity index (χ4v) is 2.90. The van der Waals surface area contributed by atoms with Gasteiger partial charge in [0.05, 0.1) is 16.7 Å². The van der Waals surface area contributed by atoms with Crippen LogP contribution in [0.5, 0.6) is 0 Å². The molecule has 0 saturated heterocycles. The van der Waals surface area contributed by atoms with Crippen LogP contribution in [0, 0.1) is 0 Å². The number of hydrogen-bond donors (Lipinski definition) is 1. The van der Waals surface area contributed by atoms with Crippen molar-refractivity contribution in [2.45, 2.75) is 11.5 Å². The molecule has 0 aliphatic carbocycles. The van der Waals surface area contributed by atoms with E-state index in [4.69, 9.17) is 0 Å². The van der Waals surface area contributed by atoms with Gasteiger partial charge in [0.2, 0.25) is 0 Å². The van der Waals surface area contributed by atoms with Gasteiger partial charge in [-0.25, -0.2) is 4.98 Å². The highest BCUT2D eigenvalue weighted by Crippen LogP contribution is 2.16. The van der Waals surface area contributed by atoms with Crippen LogP contribution in [0.25, 0.3) is 10.9 Å². The molecule has 3 nitrogen and oxygen atoms in total. The maximum atomic E-state index is 11.9. The van der Waals surface area contributed by atoms with Crippen molar-refractivity contribution in [3.05, 3.63) is 76.3 Å². The third kappa shape index (κ3) is 2.91. The second-order valence-corrected chi connectivity index (χ2v) is 5.49. The predicted octanol–water partition coefficient (Wildman–Crippen LogP) is 3.36. The zero-order chi connectivity index (χ0) is 13.8. The Morgan fingerprint density at radius 3 is 2.55 bits per heavy atom. The minimum atomic E-state index is -0.0640. The molecule has 2 aromatic carbocycles. The Balaban J connectivity index is 1.73. The number of aromatic nitrogens is 2. The van der Waals surface area contributed by atoms with E-state index < -0.39 is 0 Å². The van der Waals surface area contributed by atoms with Crippen molar-refractivity contribution in [2.75, 3.05) is 0 Å². The second kappa shape index (κ2) is 5.92. The van der Waals surface area contributed by atoms with E-state index in [0.717, 1.165) is 17.1 Å². The number of benzene rings is 2. The number of para-hydroxylation sites is 1. The fourth-order valence-electron chi connectivity index (χ4n) is 2.04. The molecule has 3 aromatic rings. The first-order valence-electron chi connectivity index (χ1n) is 6.42. The molecule has 0 saturated carbocycles. The molecular weight excluding hydrogens is 268 g/mol. The Hall–Kier alpha value is -2.07. The van der Waals surface area contributed by atoms with Gasteiger partial charge in [0.25, 0.3) is 5.56 Å². The van der Waals surface area contributed by atoms with Crippen LogP contribution in [0.4, 0.5) is 0 Å². The molecule has 1 heterocycles. The van der Waals surface area contributed by atoms with Crippen LogP contribution in [0.2, 0.25) is 0 Å². The first-order chi connectivity index (χ1) is 9.83. The fraction of sp³-hybridized carbons (Fsp3) is 0.125. The summed E-state index contributed by atoms with van der Waals surface area (Å²) in [5, 5.41) is 0.643. The normalized spacial score (nSPS) is 10.8. The summed E-state index contributed by atoms with van der Waals surface area (Å²) in [5.41, 5.74) is 1.97. The Kier molecular flexibility index (Phi) is 3.83. The van der Waals surface area contributed by atoms with Gasteiger partial charge in [0, 0.05) is 5.75 Å². The summed E-state index contributed by atoms with van der Waals surface area (Å²) < 4.78 is 0. The summed E-state index contributed by atoms with van der Waals surface area (Å²) in [6.45, 7) is 0. The highest BCUT2D eigenvalue weighted by atomic mass is 32.2. The van der Waals surface area contributed by atoms with Crippen LogP contribution in [0.3, 0.4) is 0 Å². The maximum Gasteiger partial charge on any atom is 0.258 e. The third-order valence-electron chi connectivity index (χ3n) is 3.01. The van der Waals surface area contributed by atoms with Crippen molar-refractivity contribution in [2.24, 2.45) is 0 Å². The minimum absolute atomic E-state index is 0.0640. The van der Waals surface area contributed by atoms with Crippen LogP contribution in [0.15, 0.2) is 59.4 Å². The van der Waals surface area contributed by atoms with Crippen molar-refractivity contribution in [3.8, 4) is 0 Å². The summed E-state index contributed by atoms with van der Waals surface area (Å²) in [5.74, 6) is 2.35. The molecule has 20 heavy (non-hydrogen) atoms. The van der Waals surface area contributed by atoms with Gasteiger partial charge < -0.3 is 4.98 Å². The van der Waals surface area contributed by atoms with Gasteiger partial charge in [-0.05, 0) is 17.7 Å². The van der Waals surface area contributed by atoms with E-state index in [1.165, 1.54) is 5.56 Å². The maximum absolute atomic E-state index is 11.9. The van der Waals surface area contributed by atoms with Crippen LogP contribution < -0.4 is 5.56 Å². The van der Waals surface area contributed by atoms with Gasteiger partial charge in [0.15, 0.2) is 0 Å². The van der Waals surface area contributed by atoms with E-state index in [-0.39, 0.29) is 5.56 Å². The Morgan fingerprint density at radius 2 is 1.70 bits per heavy atom. The number of nitrogens with one attached hydrogen (secondary N) is 1. The molecule has 0 aliphatic heterocycles. The van der Waals surface area contributed by atoms with Gasteiger partial charge >= 0.3 is 0 Å². The topological polar surface area (TPSA) is 45.8 Å². The van der Waals surface area contributed by atoms with Gasteiger partial charge in [0.1, 0.15) is 5.82 Å². The SMILES string of the molecule is O=c1[nH]c(CSCc2ccccc2)nc2ccccc12. The molecule has 0 aliphatic rings. The van der Waals surface area contributed by atoms with Crippen molar-refractivity contribution >= 4 is 22.7 Å². The third-order valence-corrected chi connectivity index (χ3v) is 4.03. The lowest BCUT2D eigenvalue weighted by Crippen LogP contribution is -2.11. The number of fused-ring (bicyclic) bond motifs is 1. The van der Waals surface area contributed by atoms with Crippen molar-refractivity contribution in [3.63, 3.8) is 0 Å². The molecule has 100 valence electrons. The van der Waals surface area contributed by atoms with E-state index in [2.05, 4.69) is 22.1 Å². The van der Waals surface area contributed by atoms with Gasteiger partial charge in [-0.1, -0.05) is 42.5 Å². The smallest absolute Gasteiger partial charge is 0.258 e. The van der Waals surface area contributed by atoms with Crippen molar-refractivity contribution < 1.29 is 0 Å². The summed E-state index contributed by atoms with van der Waals surface area (Å²) in [6, 6.07) is 17.7. The van der Waals surface area contributed by atoms with Crippen molar-refractivity contribution in [1.29, 1.82) is 0 Å². The zero-order valence-electron chi connectivity index (χ0n) is 10.9. The molecule has 0 fully saturated rings. The van der Waals surface area contributed by atoms with Gasteiger partial charge in [-0.15, -0.1) is 11.8 Å². The molecule has 1 aromatic heterocycles. The first-order valence-corrected chi connectivity index (χ1v) is 7.58. The molecule has 0 spiro atoms. The summed E-state index contributed by atoms with van der Waals surface area (Å²) in [7, 11) is 0.